The second-order valence-electron chi connectivity index (χ2n) is 5.92. The Bertz CT molecular complexity index is 1370. The highest BCUT2D eigenvalue weighted by molar-refractivity contribution is 7.86. The molecule has 0 bridgehead atoms. The summed E-state index contributed by atoms with van der Waals surface area (Å²) in [7, 11) is -14.8. The highest BCUT2D eigenvalue weighted by atomic mass is 32.2. The number of nitrogens with zero attached hydrogens (tertiary/aromatic N) is 3. The molecule has 1 heterocycles. The smallest absolute Gasteiger partial charge is 0.469 e. The number of carbonyl (C=O) groups excluding carboxylic acids is 1. The van der Waals surface area contributed by atoms with Crippen LogP contribution in [0.5, 0.6) is 5.75 Å². The molecule has 0 unspecified atom stereocenters. The first-order chi connectivity index (χ1) is 14.5. The van der Waals surface area contributed by atoms with Crippen molar-refractivity contribution >= 4 is 45.9 Å². The van der Waals surface area contributed by atoms with Crippen LogP contribution in [0.15, 0.2) is 38.2 Å². The average Bonchev–Trinajstić information content (AvgIpc) is 2.64. The van der Waals surface area contributed by atoms with Gasteiger partial charge in [0.05, 0.1) is 22.8 Å². The summed E-state index contributed by atoms with van der Waals surface area (Å²) in [6, 6.07) is 1.85. The molecule has 0 aliphatic carbocycles. The molecular weight excluding hydrogens is 497 g/mol. The summed E-state index contributed by atoms with van der Waals surface area (Å²) < 4.78 is 79.5. The normalized spacial score (nSPS) is 12.9. The zero-order chi connectivity index (χ0) is 24.5. The van der Waals surface area contributed by atoms with Crippen molar-refractivity contribution in [2.24, 2.45) is 10.2 Å². The lowest BCUT2D eigenvalue weighted by Gasteiger charge is -2.12. The number of carbonyl (C=O) groups is 1. The quantitative estimate of drug-likeness (QED) is 0.146. The minimum absolute atomic E-state index is 0.115. The monoisotopic (exact) mass is 511 g/mol. The molecule has 0 saturated heterocycles. The van der Waals surface area contributed by atoms with E-state index in [1.54, 1.807) is 0 Å². The molecule has 0 aliphatic heterocycles. The van der Waals surface area contributed by atoms with Gasteiger partial charge in [0.25, 0.3) is 20.2 Å². The molecule has 18 heteroatoms. The van der Waals surface area contributed by atoms with Crippen molar-refractivity contribution in [2.45, 2.75) is 23.3 Å². The Kier molecular flexibility index (Phi) is 7.28. The van der Waals surface area contributed by atoms with Gasteiger partial charge in [-0.1, -0.05) is 0 Å². The molecule has 0 saturated carbocycles. The van der Waals surface area contributed by atoms with Crippen LogP contribution in [0.3, 0.4) is 0 Å². The fourth-order valence-corrected chi connectivity index (χ4v) is 3.70. The lowest BCUT2D eigenvalue weighted by Crippen LogP contribution is -2.03. The molecule has 0 fully saturated rings. The van der Waals surface area contributed by atoms with E-state index in [9.17, 15) is 35.9 Å². The predicted molar refractivity (Wildman–Crippen MR) is 103 cm³/mol. The number of hydrogen-bond acceptors (Lipinski definition) is 11. The number of phosphoric acid groups is 1. The zero-order valence-corrected chi connectivity index (χ0v) is 18.2. The van der Waals surface area contributed by atoms with Gasteiger partial charge in [0, 0.05) is 5.56 Å². The van der Waals surface area contributed by atoms with Gasteiger partial charge in [-0.05, 0) is 25.1 Å². The standard InChI is InChI=1S/C14H14N3O12PS2/c1-7-13(19)9(5-18)10(6-29-30(20,21)22)14(15-7)17-16-11-4-8(31(23,24)25)2-3-12(11)32(26,27)28/h2-5,19H,6H2,1H3,(H2,20,21,22)(H,23,24,25)(H,26,27,28)/b17-16+. The van der Waals surface area contributed by atoms with Gasteiger partial charge in [-0.2, -0.15) is 16.8 Å². The first-order valence-electron chi connectivity index (χ1n) is 7.93. The summed E-state index contributed by atoms with van der Waals surface area (Å²) in [5, 5.41) is 17.0. The minimum atomic E-state index is -5.04. The number of azo groups is 1. The summed E-state index contributed by atoms with van der Waals surface area (Å²) in [6.45, 7) is 0.251. The van der Waals surface area contributed by atoms with Crippen molar-refractivity contribution in [3.63, 3.8) is 0 Å². The number of hydrogen-bond donors (Lipinski definition) is 5. The second-order valence-corrected chi connectivity index (χ2v) is 9.97. The third-order valence-corrected chi connectivity index (χ3v) is 5.94. The SMILES string of the molecule is Cc1nc(/N=N/c2cc(S(=O)(=O)O)ccc2S(=O)(=O)O)c(COP(=O)(O)O)c(C=O)c1O. The Balaban J connectivity index is 2.73. The van der Waals surface area contributed by atoms with Crippen LogP contribution in [0.2, 0.25) is 0 Å². The first kappa shape index (κ1) is 25.6. The number of rotatable bonds is 8. The van der Waals surface area contributed by atoms with Gasteiger partial charge in [0.15, 0.2) is 12.1 Å². The summed E-state index contributed by atoms with van der Waals surface area (Å²) >= 11 is 0. The lowest BCUT2D eigenvalue weighted by molar-refractivity contribution is 0.111. The van der Waals surface area contributed by atoms with E-state index in [4.69, 9.17) is 14.3 Å². The Hall–Kier alpha value is -2.63. The van der Waals surface area contributed by atoms with E-state index in [1.165, 1.54) is 6.92 Å². The van der Waals surface area contributed by atoms with Crippen LogP contribution in [-0.2, 0) is 35.9 Å². The highest BCUT2D eigenvalue weighted by Crippen LogP contribution is 2.40. The average molecular weight is 511 g/mol. The maximum Gasteiger partial charge on any atom is 0.469 e. The Morgan fingerprint density at radius 3 is 2.25 bits per heavy atom. The van der Waals surface area contributed by atoms with E-state index in [-0.39, 0.29) is 12.0 Å². The van der Waals surface area contributed by atoms with Gasteiger partial charge in [-0.15, -0.1) is 10.2 Å². The van der Waals surface area contributed by atoms with Gasteiger partial charge < -0.3 is 14.9 Å². The zero-order valence-electron chi connectivity index (χ0n) is 15.7. The number of pyridine rings is 1. The lowest BCUT2D eigenvalue weighted by atomic mass is 10.1. The maximum absolute atomic E-state index is 11.5. The van der Waals surface area contributed by atoms with Gasteiger partial charge >= 0.3 is 7.82 Å². The van der Waals surface area contributed by atoms with Crippen molar-refractivity contribution in [1.82, 2.24) is 4.98 Å². The predicted octanol–water partition coefficient (Wildman–Crippen LogP) is 1.43. The van der Waals surface area contributed by atoms with Gasteiger partial charge in [-0.25, -0.2) is 9.55 Å². The molecule has 1 aromatic carbocycles. The third-order valence-electron chi connectivity index (χ3n) is 3.72. The fourth-order valence-electron chi connectivity index (χ4n) is 2.29. The van der Waals surface area contributed by atoms with Gasteiger partial charge in [0.2, 0.25) is 0 Å². The van der Waals surface area contributed by atoms with Crippen LogP contribution in [0.1, 0.15) is 21.6 Å². The summed E-state index contributed by atoms with van der Waals surface area (Å²) in [4.78, 5) is 31.2. The van der Waals surface area contributed by atoms with Crippen LogP contribution < -0.4 is 0 Å². The molecule has 1 aromatic heterocycles. The fraction of sp³-hybridized carbons (Fsp3) is 0.143. The molecule has 15 nitrogen and oxygen atoms in total. The molecule has 32 heavy (non-hydrogen) atoms. The van der Waals surface area contributed by atoms with Crippen molar-refractivity contribution in [3.05, 3.63) is 35.0 Å². The second kappa shape index (κ2) is 9.08. The number of aldehydes is 1. The molecule has 2 rings (SSSR count). The first-order valence-corrected chi connectivity index (χ1v) is 12.3. The molecule has 2 aromatic rings. The maximum atomic E-state index is 11.5. The van der Waals surface area contributed by atoms with Gasteiger partial charge in [-0.3, -0.25) is 18.4 Å². The van der Waals surface area contributed by atoms with Crippen LogP contribution in [-0.4, -0.2) is 52.1 Å². The number of aromatic hydroxyl groups is 1. The van der Waals surface area contributed by atoms with Crippen molar-refractivity contribution in [1.29, 1.82) is 0 Å². The van der Waals surface area contributed by atoms with Crippen LogP contribution in [0.25, 0.3) is 0 Å². The summed E-state index contributed by atoms with van der Waals surface area (Å²) in [5.41, 5.74) is -1.91. The number of phosphoric ester groups is 1. The molecule has 0 radical (unpaired) electrons. The van der Waals surface area contributed by atoms with E-state index in [1.807, 2.05) is 0 Å². The van der Waals surface area contributed by atoms with Crippen molar-refractivity contribution in [3.8, 4) is 5.75 Å². The molecular formula is C14H14N3O12PS2. The van der Waals surface area contributed by atoms with E-state index < -0.39 is 72.8 Å². The van der Waals surface area contributed by atoms with E-state index in [2.05, 4.69) is 19.7 Å². The Morgan fingerprint density at radius 2 is 1.75 bits per heavy atom. The summed E-state index contributed by atoms with van der Waals surface area (Å²) in [5.74, 6) is -1.22. The molecule has 0 spiro atoms. The largest absolute Gasteiger partial charge is 0.505 e. The van der Waals surface area contributed by atoms with E-state index in [0.717, 1.165) is 0 Å². The van der Waals surface area contributed by atoms with Crippen LogP contribution in [0, 0.1) is 6.92 Å². The Labute approximate surface area is 180 Å². The minimum Gasteiger partial charge on any atom is -0.505 e. The Morgan fingerprint density at radius 1 is 1.12 bits per heavy atom. The molecule has 174 valence electrons. The summed E-state index contributed by atoms with van der Waals surface area (Å²) in [6.07, 6.45) is 0.115. The van der Waals surface area contributed by atoms with Crippen molar-refractivity contribution < 1.29 is 54.7 Å². The molecule has 0 aliphatic rings. The van der Waals surface area contributed by atoms with E-state index in [0.29, 0.717) is 18.2 Å². The van der Waals surface area contributed by atoms with Gasteiger partial charge in [0.1, 0.15) is 16.3 Å². The van der Waals surface area contributed by atoms with E-state index >= 15 is 0 Å². The number of benzene rings is 1. The highest BCUT2D eigenvalue weighted by Gasteiger charge is 2.23. The molecule has 5 N–H and O–H groups in total. The number of aromatic nitrogens is 1. The topological polar surface area (TPSA) is 250 Å². The van der Waals surface area contributed by atoms with Crippen LogP contribution >= 0.6 is 7.82 Å². The third kappa shape index (κ3) is 6.21. The number of aryl methyl sites for hydroxylation is 1. The molecule has 0 atom stereocenters. The van der Waals surface area contributed by atoms with Crippen LogP contribution in [0.4, 0.5) is 11.5 Å². The molecule has 0 amide bonds. The van der Waals surface area contributed by atoms with Crippen molar-refractivity contribution in [2.75, 3.05) is 0 Å².